The van der Waals surface area contributed by atoms with Crippen LogP contribution in [0.5, 0.6) is 11.6 Å². The number of amides is 3. The average Bonchev–Trinajstić information content (AvgIpc) is 3.54. The van der Waals surface area contributed by atoms with Gasteiger partial charge in [0.05, 0.1) is 6.61 Å². The number of nitrogens with one attached hydrogen (secondary N) is 3. The summed E-state index contributed by atoms with van der Waals surface area (Å²) in [6, 6.07) is 21.6. The number of benzene rings is 2. The molecule has 0 unspecified atom stereocenters. The first-order chi connectivity index (χ1) is 20.9. The van der Waals surface area contributed by atoms with E-state index < -0.39 is 24.1 Å². The number of hydrogen-bond acceptors (Lipinski definition) is 8. The molecule has 10 nitrogen and oxygen atoms in total. The molecule has 2 aromatic heterocycles. The van der Waals surface area contributed by atoms with Crippen molar-refractivity contribution in [2.45, 2.75) is 44.9 Å². The number of thiophene rings is 1. The van der Waals surface area contributed by atoms with Gasteiger partial charge in [-0.2, -0.15) is 0 Å². The van der Waals surface area contributed by atoms with Crippen LogP contribution in [0.1, 0.15) is 28.5 Å². The molecule has 4 rings (SSSR count). The summed E-state index contributed by atoms with van der Waals surface area (Å²) in [6.45, 7) is 3.14. The Morgan fingerprint density at radius 1 is 0.837 bits per heavy atom. The number of pyridine rings is 1. The summed E-state index contributed by atoms with van der Waals surface area (Å²) in [5.41, 5.74) is 8.35. The van der Waals surface area contributed by atoms with Crippen molar-refractivity contribution < 1.29 is 23.9 Å². The summed E-state index contributed by atoms with van der Waals surface area (Å²) >= 11 is 1.49. The van der Waals surface area contributed by atoms with E-state index in [0.717, 1.165) is 21.6 Å². The van der Waals surface area contributed by atoms with Crippen molar-refractivity contribution in [3.63, 3.8) is 0 Å². The van der Waals surface area contributed by atoms with E-state index in [1.807, 2.05) is 60.8 Å². The molecule has 2 aromatic carbocycles. The number of aromatic nitrogens is 1. The summed E-state index contributed by atoms with van der Waals surface area (Å²) in [5, 5.41) is 10.3. The van der Waals surface area contributed by atoms with Gasteiger partial charge >= 0.3 is 6.09 Å². The van der Waals surface area contributed by atoms with Gasteiger partial charge in [0.25, 0.3) is 0 Å². The van der Waals surface area contributed by atoms with Crippen molar-refractivity contribution in [2.24, 2.45) is 5.73 Å². The first-order valence-electron chi connectivity index (χ1n) is 13.9. The first-order valence-corrected chi connectivity index (χ1v) is 14.8. The Morgan fingerprint density at radius 3 is 2.21 bits per heavy atom. The molecule has 3 amide bonds. The first kappa shape index (κ1) is 31.2. The van der Waals surface area contributed by atoms with E-state index in [0.29, 0.717) is 18.9 Å². The van der Waals surface area contributed by atoms with Gasteiger partial charge in [-0.1, -0.05) is 48.5 Å². The van der Waals surface area contributed by atoms with Gasteiger partial charge in [-0.25, -0.2) is 9.78 Å². The predicted molar refractivity (Wildman–Crippen MR) is 165 cm³/mol. The van der Waals surface area contributed by atoms with Gasteiger partial charge in [0.2, 0.25) is 17.7 Å². The maximum atomic E-state index is 13.7. The fourth-order valence-corrected chi connectivity index (χ4v) is 4.98. The SMILES string of the molecule is CCOc1ccc(C[C@@H](NC(=O)Oc2ccccn2)C(=O)N[C@@H](Cc2cccs2)C(=O)NCc2ccc(CN)cc2)cc1. The van der Waals surface area contributed by atoms with Crippen molar-refractivity contribution >= 4 is 29.2 Å². The summed E-state index contributed by atoms with van der Waals surface area (Å²) in [7, 11) is 0. The maximum absolute atomic E-state index is 13.7. The number of ether oxygens (including phenoxy) is 2. The van der Waals surface area contributed by atoms with Crippen LogP contribution in [0.3, 0.4) is 0 Å². The van der Waals surface area contributed by atoms with Crippen LogP contribution in [0, 0.1) is 0 Å². The number of carbonyl (C=O) groups excluding carboxylic acids is 3. The van der Waals surface area contributed by atoms with E-state index in [4.69, 9.17) is 15.2 Å². The van der Waals surface area contributed by atoms with Crippen LogP contribution in [-0.4, -0.2) is 41.6 Å². The van der Waals surface area contributed by atoms with Gasteiger partial charge in [0, 0.05) is 43.1 Å². The second-order valence-corrected chi connectivity index (χ2v) is 10.7. The van der Waals surface area contributed by atoms with E-state index in [-0.39, 0.29) is 31.2 Å². The molecule has 2 atom stereocenters. The van der Waals surface area contributed by atoms with E-state index >= 15 is 0 Å². The molecule has 0 saturated heterocycles. The Kier molecular flexibility index (Phi) is 11.6. The highest BCUT2D eigenvalue weighted by molar-refractivity contribution is 7.09. The zero-order valence-electron chi connectivity index (χ0n) is 23.8. The third-order valence-corrected chi connectivity index (χ3v) is 7.36. The molecular formula is C32H35N5O5S. The van der Waals surface area contributed by atoms with Gasteiger partial charge in [-0.3, -0.25) is 9.59 Å². The molecule has 0 saturated carbocycles. The Labute approximate surface area is 254 Å². The van der Waals surface area contributed by atoms with Crippen LogP contribution in [0.15, 0.2) is 90.4 Å². The van der Waals surface area contributed by atoms with Crippen LogP contribution < -0.4 is 31.2 Å². The quantitative estimate of drug-likeness (QED) is 0.172. The standard InChI is InChI=1S/C32H35N5O5S/c1-2-41-25-14-12-22(13-15-25)18-27(37-32(40)42-29-7-3-4-16-34-29)31(39)36-28(19-26-6-5-17-43-26)30(38)35-21-24-10-8-23(20-33)9-11-24/h3-17,27-28H,2,18-21,33H2,1H3,(H,35,38)(H,36,39)(H,37,40)/t27-,28+/m1/s1. The minimum Gasteiger partial charge on any atom is -0.494 e. The molecule has 224 valence electrons. The molecule has 0 aliphatic carbocycles. The Balaban J connectivity index is 1.49. The largest absolute Gasteiger partial charge is 0.494 e. The molecule has 0 spiro atoms. The monoisotopic (exact) mass is 601 g/mol. The molecule has 11 heteroatoms. The second-order valence-electron chi connectivity index (χ2n) is 9.62. The van der Waals surface area contributed by atoms with Crippen molar-refractivity contribution in [1.82, 2.24) is 20.9 Å². The third-order valence-electron chi connectivity index (χ3n) is 6.46. The number of hydrogen-bond donors (Lipinski definition) is 4. The molecule has 5 N–H and O–H groups in total. The number of carbonyl (C=O) groups is 3. The smallest absolute Gasteiger partial charge is 0.414 e. The fraction of sp³-hybridized carbons (Fsp3) is 0.250. The summed E-state index contributed by atoms with van der Waals surface area (Å²) in [5.74, 6) is -0.0915. The maximum Gasteiger partial charge on any atom is 0.414 e. The van der Waals surface area contributed by atoms with Gasteiger partial charge < -0.3 is 31.2 Å². The van der Waals surface area contributed by atoms with Crippen LogP contribution in [0.2, 0.25) is 0 Å². The van der Waals surface area contributed by atoms with Gasteiger partial charge in [0.1, 0.15) is 17.8 Å². The van der Waals surface area contributed by atoms with Crippen molar-refractivity contribution in [3.8, 4) is 11.6 Å². The summed E-state index contributed by atoms with van der Waals surface area (Å²) < 4.78 is 10.8. The normalized spacial score (nSPS) is 12.0. The Hall–Kier alpha value is -4.74. The molecule has 2 heterocycles. The van der Waals surface area contributed by atoms with E-state index in [1.54, 1.807) is 24.3 Å². The summed E-state index contributed by atoms with van der Waals surface area (Å²) in [6.07, 6.45) is 1.09. The fourth-order valence-electron chi connectivity index (χ4n) is 4.22. The molecule has 4 aromatic rings. The highest BCUT2D eigenvalue weighted by atomic mass is 32.1. The number of nitrogens with two attached hydrogens (primary N) is 1. The topological polar surface area (TPSA) is 145 Å². The van der Waals surface area contributed by atoms with Crippen molar-refractivity contribution in [1.29, 1.82) is 0 Å². The lowest BCUT2D eigenvalue weighted by Gasteiger charge is -2.23. The average molecular weight is 602 g/mol. The van der Waals surface area contributed by atoms with Crippen molar-refractivity contribution in [3.05, 3.63) is 112 Å². The van der Waals surface area contributed by atoms with Gasteiger partial charge in [-0.15, -0.1) is 11.3 Å². The van der Waals surface area contributed by atoms with Crippen LogP contribution in [0.4, 0.5) is 4.79 Å². The van der Waals surface area contributed by atoms with Crippen LogP contribution in [-0.2, 0) is 35.5 Å². The Bertz CT molecular complexity index is 1450. The molecule has 43 heavy (non-hydrogen) atoms. The second kappa shape index (κ2) is 16.0. The predicted octanol–water partition coefficient (Wildman–Crippen LogP) is 3.74. The Morgan fingerprint density at radius 2 is 1.56 bits per heavy atom. The minimum absolute atomic E-state index is 0.0923. The van der Waals surface area contributed by atoms with E-state index in [9.17, 15) is 14.4 Å². The molecule has 0 aliphatic rings. The molecule has 0 aliphatic heterocycles. The van der Waals surface area contributed by atoms with E-state index in [2.05, 4.69) is 20.9 Å². The minimum atomic E-state index is -1.04. The van der Waals surface area contributed by atoms with Crippen LogP contribution in [0.25, 0.3) is 0 Å². The molecule has 0 bridgehead atoms. The highest BCUT2D eigenvalue weighted by Crippen LogP contribution is 2.15. The molecule has 0 radical (unpaired) electrons. The zero-order chi connectivity index (χ0) is 30.4. The third kappa shape index (κ3) is 9.94. The van der Waals surface area contributed by atoms with Gasteiger partial charge in [0.15, 0.2) is 0 Å². The highest BCUT2D eigenvalue weighted by Gasteiger charge is 2.28. The lowest BCUT2D eigenvalue weighted by atomic mass is 10.0. The van der Waals surface area contributed by atoms with E-state index in [1.165, 1.54) is 23.6 Å². The molecule has 0 fully saturated rings. The lowest BCUT2D eigenvalue weighted by molar-refractivity contribution is -0.130. The van der Waals surface area contributed by atoms with Crippen LogP contribution >= 0.6 is 11.3 Å². The number of rotatable bonds is 14. The van der Waals surface area contributed by atoms with Crippen molar-refractivity contribution in [2.75, 3.05) is 6.61 Å². The number of nitrogens with zero attached hydrogens (tertiary/aromatic N) is 1. The molecular weight excluding hydrogens is 566 g/mol. The van der Waals surface area contributed by atoms with Gasteiger partial charge in [-0.05, 0) is 53.3 Å². The zero-order valence-corrected chi connectivity index (χ0v) is 24.6. The summed E-state index contributed by atoms with van der Waals surface area (Å²) in [4.78, 5) is 44.8. The lowest BCUT2D eigenvalue weighted by Crippen LogP contribution is -2.55.